The molecule has 4 rings (SSSR count). The van der Waals surface area contributed by atoms with Crippen molar-refractivity contribution >= 4 is 22.9 Å². The maximum atomic E-state index is 14.1. The number of nitrogens with zero attached hydrogens (tertiary/aromatic N) is 4. The van der Waals surface area contributed by atoms with E-state index in [4.69, 9.17) is 0 Å². The lowest BCUT2D eigenvalue weighted by Crippen LogP contribution is -2.27. The van der Waals surface area contributed by atoms with E-state index >= 15 is 0 Å². The average molecular weight is 416 g/mol. The van der Waals surface area contributed by atoms with Crippen LogP contribution in [0.2, 0.25) is 0 Å². The van der Waals surface area contributed by atoms with Gasteiger partial charge in [-0.2, -0.15) is 0 Å². The number of hydrogen-bond donors (Lipinski definition) is 0. The molecule has 1 aliphatic heterocycles. The Kier molecular flexibility index (Phi) is 4.79. The van der Waals surface area contributed by atoms with Gasteiger partial charge in [0.25, 0.3) is 5.69 Å². The average Bonchev–Trinajstić information content (AvgIpc) is 3.19. The van der Waals surface area contributed by atoms with Crippen molar-refractivity contribution in [2.45, 2.75) is 26.4 Å². The molecule has 0 saturated heterocycles. The highest BCUT2D eigenvalue weighted by atomic mass is 32.1. The predicted molar refractivity (Wildman–Crippen MR) is 101 cm³/mol. The number of halogens is 2. The van der Waals surface area contributed by atoms with Crippen LogP contribution in [-0.2, 0) is 24.3 Å². The number of thiazole rings is 1. The first-order valence-corrected chi connectivity index (χ1v) is 9.46. The molecule has 0 saturated carbocycles. The fraction of sp³-hybridized carbons (Fsp3) is 0.211. The van der Waals surface area contributed by atoms with E-state index in [9.17, 15) is 23.7 Å². The van der Waals surface area contributed by atoms with Crippen LogP contribution in [0, 0.1) is 28.7 Å². The number of hydrogen-bond acceptors (Lipinski definition) is 6. The molecule has 1 aliphatic rings. The fourth-order valence-electron chi connectivity index (χ4n) is 3.24. The first-order valence-electron chi connectivity index (χ1n) is 8.64. The summed E-state index contributed by atoms with van der Waals surface area (Å²) in [6, 6.07) is 5.45. The summed E-state index contributed by atoms with van der Waals surface area (Å²) >= 11 is 1.51. The third-order valence-electron chi connectivity index (χ3n) is 4.59. The second-order valence-electron chi connectivity index (χ2n) is 6.57. The number of aryl methyl sites for hydroxylation is 1. The van der Waals surface area contributed by atoms with Gasteiger partial charge in [0.15, 0.2) is 0 Å². The monoisotopic (exact) mass is 416 g/mol. The van der Waals surface area contributed by atoms with Gasteiger partial charge in [0, 0.05) is 22.6 Å². The molecule has 0 spiro atoms. The normalized spacial score (nSPS) is 12.9. The number of carbonyl (C=O) groups is 1. The largest absolute Gasteiger partial charge is 0.331 e. The zero-order valence-electron chi connectivity index (χ0n) is 15.2. The van der Waals surface area contributed by atoms with Gasteiger partial charge in [-0.05, 0) is 25.1 Å². The first-order chi connectivity index (χ1) is 13.8. The lowest BCUT2D eigenvalue weighted by atomic mass is 10.1. The van der Waals surface area contributed by atoms with Crippen molar-refractivity contribution in [1.29, 1.82) is 0 Å². The van der Waals surface area contributed by atoms with Crippen LogP contribution in [0.4, 0.5) is 14.5 Å². The van der Waals surface area contributed by atoms with Crippen LogP contribution < -0.4 is 0 Å². The van der Waals surface area contributed by atoms with Gasteiger partial charge in [0.05, 0.1) is 40.8 Å². The topological polar surface area (TPSA) is 89.2 Å². The van der Waals surface area contributed by atoms with Crippen LogP contribution in [0.3, 0.4) is 0 Å². The van der Waals surface area contributed by atoms with Crippen LogP contribution in [0.25, 0.3) is 11.3 Å². The summed E-state index contributed by atoms with van der Waals surface area (Å²) in [7, 11) is 0. The van der Waals surface area contributed by atoms with Gasteiger partial charge in [-0.25, -0.2) is 18.7 Å². The molecule has 0 N–H and O–H groups in total. The third kappa shape index (κ3) is 3.70. The Balaban J connectivity index is 1.62. The molecule has 0 atom stereocenters. The van der Waals surface area contributed by atoms with Crippen LogP contribution in [0.15, 0.2) is 30.3 Å². The Labute approximate surface area is 167 Å². The first kappa shape index (κ1) is 19.1. The third-order valence-corrected chi connectivity index (χ3v) is 5.58. The molecule has 7 nitrogen and oxygen atoms in total. The summed E-state index contributed by atoms with van der Waals surface area (Å²) in [4.78, 5) is 34.5. The van der Waals surface area contributed by atoms with Crippen molar-refractivity contribution < 1.29 is 18.5 Å². The van der Waals surface area contributed by atoms with E-state index in [1.165, 1.54) is 29.5 Å². The highest BCUT2D eigenvalue weighted by Crippen LogP contribution is 2.30. The number of benzene rings is 1. The summed E-state index contributed by atoms with van der Waals surface area (Å²) in [6.45, 7) is 2.64. The maximum Gasteiger partial charge on any atom is 0.291 e. The smallest absolute Gasteiger partial charge is 0.291 e. The Morgan fingerprint density at radius 2 is 2.03 bits per heavy atom. The second kappa shape index (κ2) is 7.28. The molecule has 0 radical (unpaired) electrons. The molecule has 1 amide bonds. The van der Waals surface area contributed by atoms with E-state index in [1.807, 2.05) is 6.92 Å². The maximum absolute atomic E-state index is 14.1. The van der Waals surface area contributed by atoms with Gasteiger partial charge < -0.3 is 4.90 Å². The van der Waals surface area contributed by atoms with Gasteiger partial charge in [-0.1, -0.05) is 0 Å². The minimum Gasteiger partial charge on any atom is -0.331 e. The minimum atomic E-state index is -0.839. The summed E-state index contributed by atoms with van der Waals surface area (Å²) in [5, 5.41) is 12.3. The number of amides is 1. The van der Waals surface area contributed by atoms with Crippen molar-refractivity contribution in [1.82, 2.24) is 14.9 Å². The Hall–Kier alpha value is -3.27. The van der Waals surface area contributed by atoms with Gasteiger partial charge in [0.1, 0.15) is 17.3 Å². The number of aromatic nitrogens is 2. The van der Waals surface area contributed by atoms with E-state index in [0.29, 0.717) is 19.2 Å². The summed E-state index contributed by atoms with van der Waals surface area (Å²) in [5.41, 5.74) is 0.533. The van der Waals surface area contributed by atoms with Gasteiger partial charge >= 0.3 is 0 Å². The summed E-state index contributed by atoms with van der Waals surface area (Å²) in [5.74, 6) is -1.91. The molecular weight excluding hydrogens is 402 g/mol. The highest BCUT2D eigenvalue weighted by Gasteiger charge is 2.29. The molecular formula is C19H14F2N4O3S. The molecule has 0 aliphatic carbocycles. The van der Waals surface area contributed by atoms with Crippen LogP contribution in [0.1, 0.15) is 21.3 Å². The van der Waals surface area contributed by atoms with E-state index in [0.717, 1.165) is 21.6 Å². The van der Waals surface area contributed by atoms with Gasteiger partial charge in [-0.15, -0.1) is 11.3 Å². The van der Waals surface area contributed by atoms with E-state index in [1.54, 1.807) is 4.90 Å². The van der Waals surface area contributed by atoms with E-state index < -0.39 is 16.6 Å². The van der Waals surface area contributed by atoms with E-state index in [-0.39, 0.29) is 35.0 Å². The molecule has 148 valence electrons. The Morgan fingerprint density at radius 1 is 1.24 bits per heavy atom. The van der Waals surface area contributed by atoms with Crippen molar-refractivity contribution in [2.75, 3.05) is 0 Å². The molecule has 0 unspecified atom stereocenters. The zero-order chi connectivity index (χ0) is 20.7. The molecule has 0 bridgehead atoms. The number of fused-ring (bicyclic) bond motifs is 1. The number of rotatable bonds is 4. The molecule has 10 heteroatoms. The Morgan fingerprint density at radius 3 is 2.72 bits per heavy atom. The SMILES string of the molecule is Cc1nc2c(s1)CN(C(=O)Cc1nc(-c3ccc(F)cc3F)ccc1[N+](=O)[O-])C2. The summed E-state index contributed by atoms with van der Waals surface area (Å²) in [6.07, 6.45) is -0.305. The Bertz CT molecular complexity index is 1120. The van der Waals surface area contributed by atoms with Crippen molar-refractivity contribution in [3.8, 4) is 11.3 Å². The molecule has 1 aromatic carbocycles. The molecule has 29 heavy (non-hydrogen) atoms. The molecule has 3 aromatic rings. The van der Waals surface area contributed by atoms with Crippen molar-refractivity contribution in [3.63, 3.8) is 0 Å². The summed E-state index contributed by atoms with van der Waals surface area (Å²) < 4.78 is 27.3. The highest BCUT2D eigenvalue weighted by molar-refractivity contribution is 7.11. The molecule has 0 fully saturated rings. The molecule has 3 heterocycles. The van der Waals surface area contributed by atoms with Crippen LogP contribution in [0.5, 0.6) is 0 Å². The predicted octanol–water partition coefficient (Wildman–Crippen LogP) is 3.78. The van der Waals surface area contributed by atoms with Gasteiger partial charge in [-0.3, -0.25) is 14.9 Å². The lowest BCUT2D eigenvalue weighted by Gasteiger charge is -2.15. The van der Waals surface area contributed by atoms with Crippen molar-refractivity contribution in [3.05, 3.63) is 73.4 Å². The van der Waals surface area contributed by atoms with Gasteiger partial charge in [0.2, 0.25) is 5.91 Å². The fourth-order valence-corrected chi connectivity index (χ4v) is 4.20. The zero-order valence-corrected chi connectivity index (χ0v) is 16.0. The second-order valence-corrected chi connectivity index (χ2v) is 7.86. The number of carbonyl (C=O) groups excluding carboxylic acids is 1. The van der Waals surface area contributed by atoms with Crippen LogP contribution in [-0.4, -0.2) is 25.7 Å². The molecule has 2 aromatic heterocycles. The van der Waals surface area contributed by atoms with Crippen LogP contribution >= 0.6 is 11.3 Å². The minimum absolute atomic E-state index is 0.00183. The standard InChI is InChI=1S/C19H14F2N4O3S/c1-10-22-16-8-24(9-18(16)29-10)19(26)7-15-17(25(27)28)5-4-14(23-15)12-3-2-11(20)6-13(12)21/h2-6H,7-9H2,1H3. The van der Waals surface area contributed by atoms with E-state index in [2.05, 4.69) is 9.97 Å². The number of nitro groups is 1. The number of pyridine rings is 1. The quantitative estimate of drug-likeness (QED) is 0.477. The van der Waals surface area contributed by atoms with Crippen molar-refractivity contribution in [2.24, 2.45) is 0 Å². The lowest BCUT2D eigenvalue weighted by molar-refractivity contribution is -0.385.